The van der Waals surface area contributed by atoms with E-state index in [4.69, 9.17) is 5.11 Å². The van der Waals surface area contributed by atoms with Gasteiger partial charge in [0.1, 0.15) is 0 Å². The number of carbonyl (C=O) groups is 1. The molecular formula is C11H13NO4S. The molecule has 0 spiro atoms. The molecule has 0 aliphatic rings. The molecule has 92 valence electrons. The average Bonchev–Trinajstić information content (AvgIpc) is 2.19. The summed E-state index contributed by atoms with van der Waals surface area (Å²) in [7, 11) is 0. The van der Waals surface area contributed by atoms with E-state index in [0.717, 1.165) is 5.56 Å². The van der Waals surface area contributed by atoms with Gasteiger partial charge in [0, 0.05) is 11.3 Å². The van der Waals surface area contributed by atoms with E-state index in [-0.39, 0.29) is 17.4 Å². The van der Waals surface area contributed by atoms with Gasteiger partial charge in [0.2, 0.25) is 0 Å². The number of nitro benzene ring substituents is 1. The lowest BCUT2D eigenvalue weighted by Gasteiger charge is -2.09. The van der Waals surface area contributed by atoms with Crippen molar-refractivity contribution in [1.82, 2.24) is 0 Å². The number of nitrogens with zero attached hydrogens (tertiary/aromatic N) is 1. The second kappa shape index (κ2) is 5.67. The van der Waals surface area contributed by atoms with E-state index in [1.165, 1.54) is 17.8 Å². The Bertz CT molecular complexity index is 447. The molecule has 0 saturated heterocycles. The Labute approximate surface area is 103 Å². The molecule has 1 rings (SSSR count). The number of benzene rings is 1. The van der Waals surface area contributed by atoms with Gasteiger partial charge in [0.15, 0.2) is 0 Å². The molecule has 0 saturated carbocycles. The SMILES string of the molecule is Cc1ccc(SC(C)CC(=O)O)c([N+](=O)[O-])c1. The number of carboxylic acids is 1. The molecule has 0 amide bonds. The maximum absolute atomic E-state index is 10.9. The summed E-state index contributed by atoms with van der Waals surface area (Å²) in [6.45, 7) is 3.52. The third-order valence-corrected chi connectivity index (χ3v) is 3.27. The number of hydrogen-bond donors (Lipinski definition) is 1. The molecule has 0 fully saturated rings. The van der Waals surface area contributed by atoms with Gasteiger partial charge in [-0.3, -0.25) is 14.9 Å². The maximum Gasteiger partial charge on any atom is 0.304 e. The third kappa shape index (κ3) is 4.07. The Kier molecular flexibility index (Phi) is 4.51. The molecule has 1 unspecified atom stereocenters. The van der Waals surface area contributed by atoms with Crippen LogP contribution in [0.15, 0.2) is 23.1 Å². The Balaban J connectivity index is 2.90. The minimum Gasteiger partial charge on any atom is -0.481 e. The highest BCUT2D eigenvalue weighted by atomic mass is 32.2. The van der Waals surface area contributed by atoms with E-state index >= 15 is 0 Å². The van der Waals surface area contributed by atoms with Crippen molar-refractivity contribution in [2.75, 3.05) is 0 Å². The Hall–Kier alpha value is -1.56. The Morgan fingerprint density at radius 1 is 1.59 bits per heavy atom. The molecule has 1 aromatic carbocycles. The second-order valence-electron chi connectivity index (χ2n) is 3.75. The van der Waals surface area contributed by atoms with Crippen LogP contribution in [-0.2, 0) is 4.79 Å². The highest BCUT2D eigenvalue weighted by molar-refractivity contribution is 8.00. The molecule has 1 atom stereocenters. The number of aliphatic carboxylic acids is 1. The first-order valence-electron chi connectivity index (χ1n) is 5.03. The zero-order valence-electron chi connectivity index (χ0n) is 9.54. The molecule has 0 radical (unpaired) electrons. The monoisotopic (exact) mass is 255 g/mol. The van der Waals surface area contributed by atoms with E-state index in [2.05, 4.69) is 0 Å². The second-order valence-corrected chi connectivity index (χ2v) is 5.23. The van der Waals surface area contributed by atoms with Gasteiger partial charge in [-0.1, -0.05) is 13.0 Å². The zero-order chi connectivity index (χ0) is 13.0. The molecule has 0 aromatic heterocycles. The molecule has 0 heterocycles. The van der Waals surface area contributed by atoms with Gasteiger partial charge in [-0.15, -0.1) is 11.8 Å². The van der Waals surface area contributed by atoms with Crippen LogP contribution in [0.4, 0.5) is 5.69 Å². The molecule has 5 nitrogen and oxygen atoms in total. The lowest BCUT2D eigenvalue weighted by molar-refractivity contribution is -0.387. The van der Waals surface area contributed by atoms with Crippen molar-refractivity contribution < 1.29 is 14.8 Å². The van der Waals surface area contributed by atoms with Crippen LogP contribution < -0.4 is 0 Å². The minimum atomic E-state index is -0.903. The van der Waals surface area contributed by atoms with E-state index in [9.17, 15) is 14.9 Å². The summed E-state index contributed by atoms with van der Waals surface area (Å²) in [6, 6.07) is 4.94. The molecular weight excluding hydrogens is 242 g/mol. The Morgan fingerprint density at radius 3 is 2.76 bits per heavy atom. The normalized spacial score (nSPS) is 12.1. The first-order chi connectivity index (χ1) is 7.90. The Morgan fingerprint density at radius 2 is 2.24 bits per heavy atom. The van der Waals surface area contributed by atoms with E-state index < -0.39 is 10.9 Å². The molecule has 0 aliphatic carbocycles. The summed E-state index contributed by atoms with van der Waals surface area (Å²) in [6.07, 6.45) is -0.0182. The fraction of sp³-hybridized carbons (Fsp3) is 0.364. The number of aryl methyl sites for hydroxylation is 1. The zero-order valence-corrected chi connectivity index (χ0v) is 10.4. The average molecular weight is 255 g/mol. The van der Waals surface area contributed by atoms with Crippen LogP contribution in [0.25, 0.3) is 0 Å². The van der Waals surface area contributed by atoms with Crippen molar-refractivity contribution in [3.63, 3.8) is 0 Å². The topological polar surface area (TPSA) is 80.4 Å². The van der Waals surface area contributed by atoms with Gasteiger partial charge in [-0.2, -0.15) is 0 Å². The number of thioether (sulfide) groups is 1. The highest BCUT2D eigenvalue weighted by Gasteiger charge is 2.18. The number of nitro groups is 1. The van der Waals surface area contributed by atoms with Gasteiger partial charge < -0.3 is 5.11 Å². The largest absolute Gasteiger partial charge is 0.481 e. The van der Waals surface area contributed by atoms with Gasteiger partial charge in [-0.05, 0) is 18.6 Å². The van der Waals surface area contributed by atoms with Gasteiger partial charge in [0.05, 0.1) is 16.2 Å². The van der Waals surface area contributed by atoms with Crippen LogP contribution in [-0.4, -0.2) is 21.2 Å². The van der Waals surface area contributed by atoms with E-state index in [1.807, 2.05) is 0 Å². The van der Waals surface area contributed by atoms with Crippen LogP contribution in [0, 0.1) is 17.0 Å². The third-order valence-electron chi connectivity index (χ3n) is 2.10. The summed E-state index contributed by atoms with van der Waals surface area (Å²) >= 11 is 1.21. The predicted molar refractivity (Wildman–Crippen MR) is 65.4 cm³/mol. The summed E-state index contributed by atoms with van der Waals surface area (Å²) in [5.74, 6) is -0.903. The number of rotatable bonds is 5. The lowest BCUT2D eigenvalue weighted by Crippen LogP contribution is -2.06. The van der Waals surface area contributed by atoms with Crippen LogP contribution in [0.1, 0.15) is 18.9 Å². The minimum absolute atomic E-state index is 0.0182. The molecule has 17 heavy (non-hydrogen) atoms. The number of carboxylic acid groups (broad SMARTS) is 1. The van der Waals surface area contributed by atoms with Crippen molar-refractivity contribution in [2.45, 2.75) is 30.4 Å². The lowest BCUT2D eigenvalue weighted by atomic mass is 10.2. The van der Waals surface area contributed by atoms with Gasteiger partial charge >= 0.3 is 5.97 Å². The fourth-order valence-electron chi connectivity index (χ4n) is 1.37. The number of hydrogen-bond acceptors (Lipinski definition) is 4. The van der Waals surface area contributed by atoms with Crippen molar-refractivity contribution in [3.8, 4) is 0 Å². The smallest absolute Gasteiger partial charge is 0.304 e. The maximum atomic E-state index is 10.9. The molecule has 1 N–H and O–H groups in total. The summed E-state index contributed by atoms with van der Waals surface area (Å²) in [4.78, 5) is 21.4. The van der Waals surface area contributed by atoms with Crippen LogP contribution >= 0.6 is 11.8 Å². The highest BCUT2D eigenvalue weighted by Crippen LogP contribution is 2.33. The molecule has 1 aromatic rings. The fourth-order valence-corrected chi connectivity index (χ4v) is 2.43. The van der Waals surface area contributed by atoms with Crippen LogP contribution in [0.2, 0.25) is 0 Å². The van der Waals surface area contributed by atoms with Crippen molar-refractivity contribution in [2.24, 2.45) is 0 Å². The van der Waals surface area contributed by atoms with Gasteiger partial charge in [-0.25, -0.2) is 0 Å². The summed E-state index contributed by atoms with van der Waals surface area (Å²) in [5, 5.41) is 19.3. The standard InChI is InChI=1S/C11H13NO4S/c1-7-3-4-10(9(5-7)12(15)16)17-8(2)6-11(13)14/h3-5,8H,6H2,1-2H3,(H,13,14). The predicted octanol–water partition coefficient (Wildman–Crippen LogP) is 2.86. The first-order valence-corrected chi connectivity index (χ1v) is 5.91. The first kappa shape index (κ1) is 13.5. The van der Waals surface area contributed by atoms with Crippen molar-refractivity contribution >= 4 is 23.4 Å². The quantitative estimate of drug-likeness (QED) is 0.497. The van der Waals surface area contributed by atoms with Gasteiger partial charge in [0.25, 0.3) is 5.69 Å². The summed E-state index contributed by atoms with van der Waals surface area (Å²) in [5.41, 5.74) is 0.846. The van der Waals surface area contributed by atoms with Crippen LogP contribution in [0.3, 0.4) is 0 Å². The van der Waals surface area contributed by atoms with Crippen molar-refractivity contribution in [3.05, 3.63) is 33.9 Å². The molecule has 6 heteroatoms. The summed E-state index contributed by atoms with van der Waals surface area (Å²) < 4.78 is 0. The van der Waals surface area contributed by atoms with Crippen molar-refractivity contribution in [1.29, 1.82) is 0 Å². The van der Waals surface area contributed by atoms with E-state index in [0.29, 0.717) is 4.90 Å². The van der Waals surface area contributed by atoms with Crippen LogP contribution in [0.5, 0.6) is 0 Å². The molecule has 0 bridgehead atoms. The molecule has 0 aliphatic heterocycles. The van der Waals surface area contributed by atoms with E-state index in [1.54, 1.807) is 26.0 Å².